The number of hydrogen-bond acceptors (Lipinski definition) is 4. The third-order valence-electron chi connectivity index (χ3n) is 1.56. The van der Waals surface area contributed by atoms with E-state index in [1.165, 1.54) is 0 Å². The first-order chi connectivity index (χ1) is 6.72. The second kappa shape index (κ2) is 5.78. The lowest BCUT2D eigenvalue weighted by Crippen LogP contribution is -2.10. The summed E-state index contributed by atoms with van der Waals surface area (Å²) in [6.45, 7) is 5.88. The highest BCUT2D eigenvalue weighted by molar-refractivity contribution is 6.29. The molecule has 0 saturated heterocycles. The van der Waals surface area contributed by atoms with E-state index >= 15 is 0 Å². The molecule has 0 bridgehead atoms. The molecule has 4 nitrogen and oxygen atoms in total. The van der Waals surface area contributed by atoms with Gasteiger partial charge in [-0.15, -0.1) is 0 Å². The molecule has 1 aromatic heterocycles. The molecule has 14 heavy (non-hydrogen) atoms. The van der Waals surface area contributed by atoms with E-state index in [9.17, 15) is 0 Å². The van der Waals surface area contributed by atoms with Crippen molar-refractivity contribution < 1.29 is 4.74 Å². The molecule has 0 radical (unpaired) electrons. The van der Waals surface area contributed by atoms with Crippen molar-refractivity contribution in [3.63, 3.8) is 0 Å². The molecule has 1 rings (SSSR count). The quantitative estimate of drug-likeness (QED) is 0.602. The predicted molar refractivity (Wildman–Crippen MR) is 56.8 cm³/mol. The molecule has 0 saturated carbocycles. The number of rotatable bonds is 5. The number of aryl methyl sites for hydroxylation is 1. The molecule has 1 N–H and O–H groups in total. The van der Waals surface area contributed by atoms with Crippen LogP contribution in [0.5, 0.6) is 0 Å². The van der Waals surface area contributed by atoms with E-state index in [2.05, 4.69) is 15.3 Å². The molecule has 0 aliphatic carbocycles. The molecule has 5 heteroatoms. The van der Waals surface area contributed by atoms with Crippen LogP contribution in [-0.4, -0.2) is 29.7 Å². The van der Waals surface area contributed by atoms with E-state index in [0.717, 1.165) is 19.0 Å². The minimum absolute atomic E-state index is 0.455. The zero-order chi connectivity index (χ0) is 10.4. The smallest absolute Gasteiger partial charge is 0.134 e. The van der Waals surface area contributed by atoms with Gasteiger partial charge < -0.3 is 10.1 Å². The summed E-state index contributed by atoms with van der Waals surface area (Å²) in [4.78, 5) is 8.13. The minimum atomic E-state index is 0.455. The van der Waals surface area contributed by atoms with E-state index in [0.29, 0.717) is 17.6 Å². The number of anilines is 1. The summed E-state index contributed by atoms with van der Waals surface area (Å²) >= 11 is 5.77. The van der Waals surface area contributed by atoms with Crippen LogP contribution in [0.1, 0.15) is 12.7 Å². The summed E-state index contributed by atoms with van der Waals surface area (Å²) in [6.07, 6.45) is 0. The maximum atomic E-state index is 5.77. The van der Waals surface area contributed by atoms with Crippen molar-refractivity contribution in [2.24, 2.45) is 0 Å². The number of aromatic nitrogens is 2. The number of hydrogen-bond donors (Lipinski definition) is 1. The summed E-state index contributed by atoms with van der Waals surface area (Å²) in [5.41, 5.74) is 0. The van der Waals surface area contributed by atoms with Gasteiger partial charge in [0.05, 0.1) is 6.61 Å². The van der Waals surface area contributed by atoms with Crippen molar-refractivity contribution in [1.82, 2.24) is 9.97 Å². The molecule has 0 aliphatic heterocycles. The number of nitrogens with one attached hydrogen (secondary N) is 1. The number of nitrogens with zero attached hydrogens (tertiary/aromatic N) is 2. The fraction of sp³-hybridized carbons (Fsp3) is 0.556. The summed E-state index contributed by atoms with van der Waals surface area (Å²) < 4.78 is 5.18. The largest absolute Gasteiger partial charge is 0.380 e. The predicted octanol–water partition coefficient (Wildman–Crippen LogP) is 1.89. The van der Waals surface area contributed by atoms with Gasteiger partial charge in [-0.2, -0.15) is 0 Å². The Hall–Kier alpha value is -0.870. The third-order valence-corrected chi connectivity index (χ3v) is 1.76. The SMILES string of the molecule is CCOCCNc1cc(Cl)nc(C)n1. The van der Waals surface area contributed by atoms with Crippen LogP contribution >= 0.6 is 11.6 Å². The Morgan fingerprint density at radius 1 is 1.50 bits per heavy atom. The minimum Gasteiger partial charge on any atom is -0.380 e. The molecule has 1 heterocycles. The summed E-state index contributed by atoms with van der Waals surface area (Å²) in [5.74, 6) is 1.40. The maximum absolute atomic E-state index is 5.77. The Bertz CT molecular complexity index is 273. The van der Waals surface area contributed by atoms with Crippen LogP contribution in [0, 0.1) is 6.92 Å². The standard InChI is InChI=1S/C9H14ClN3O/c1-3-14-5-4-11-9-6-8(10)12-7(2)13-9/h6H,3-5H2,1-2H3,(H,11,12,13). The number of halogens is 1. The Morgan fingerprint density at radius 2 is 2.29 bits per heavy atom. The third kappa shape index (κ3) is 3.89. The van der Waals surface area contributed by atoms with E-state index < -0.39 is 0 Å². The van der Waals surface area contributed by atoms with Crippen LogP contribution in [-0.2, 0) is 4.74 Å². The molecule has 0 atom stereocenters. The van der Waals surface area contributed by atoms with Crippen LogP contribution in [0.4, 0.5) is 5.82 Å². The lowest BCUT2D eigenvalue weighted by Gasteiger charge is -2.06. The van der Waals surface area contributed by atoms with Gasteiger partial charge in [0, 0.05) is 19.2 Å². The van der Waals surface area contributed by atoms with Gasteiger partial charge in [-0.3, -0.25) is 0 Å². The Morgan fingerprint density at radius 3 is 2.93 bits per heavy atom. The monoisotopic (exact) mass is 215 g/mol. The average molecular weight is 216 g/mol. The van der Waals surface area contributed by atoms with E-state index in [1.807, 2.05) is 6.92 Å². The van der Waals surface area contributed by atoms with Gasteiger partial charge in [0.2, 0.25) is 0 Å². The highest BCUT2D eigenvalue weighted by atomic mass is 35.5. The Kier molecular flexibility index (Phi) is 4.62. The molecule has 0 aromatic carbocycles. The topological polar surface area (TPSA) is 47.0 Å². The molecule has 0 unspecified atom stereocenters. The molecular formula is C9H14ClN3O. The van der Waals surface area contributed by atoms with Crippen molar-refractivity contribution in [2.75, 3.05) is 25.1 Å². The average Bonchev–Trinajstić information content (AvgIpc) is 2.11. The molecule has 1 aromatic rings. The van der Waals surface area contributed by atoms with Crippen LogP contribution in [0.3, 0.4) is 0 Å². The Balaban J connectivity index is 2.42. The maximum Gasteiger partial charge on any atom is 0.134 e. The molecule has 78 valence electrons. The first kappa shape index (κ1) is 11.2. The lowest BCUT2D eigenvalue weighted by molar-refractivity contribution is 0.158. The van der Waals surface area contributed by atoms with Gasteiger partial charge >= 0.3 is 0 Å². The van der Waals surface area contributed by atoms with Gasteiger partial charge in [0.1, 0.15) is 16.8 Å². The van der Waals surface area contributed by atoms with Crippen LogP contribution in [0.25, 0.3) is 0 Å². The first-order valence-electron chi connectivity index (χ1n) is 4.55. The zero-order valence-corrected chi connectivity index (χ0v) is 9.14. The summed E-state index contributed by atoms with van der Waals surface area (Å²) in [5, 5.41) is 3.56. The van der Waals surface area contributed by atoms with Crippen molar-refractivity contribution in [3.05, 3.63) is 17.0 Å². The van der Waals surface area contributed by atoms with Crippen LogP contribution in [0.2, 0.25) is 5.15 Å². The molecule has 0 aliphatic rings. The second-order valence-corrected chi connectivity index (χ2v) is 3.13. The lowest BCUT2D eigenvalue weighted by atomic mass is 10.5. The van der Waals surface area contributed by atoms with Gasteiger partial charge in [-0.25, -0.2) is 9.97 Å². The van der Waals surface area contributed by atoms with Gasteiger partial charge in [-0.05, 0) is 13.8 Å². The first-order valence-corrected chi connectivity index (χ1v) is 4.93. The fourth-order valence-corrected chi connectivity index (χ4v) is 1.24. The Labute approximate surface area is 88.7 Å². The molecule has 0 spiro atoms. The van der Waals surface area contributed by atoms with Crippen molar-refractivity contribution in [1.29, 1.82) is 0 Å². The molecule has 0 amide bonds. The highest BCUT2D eigenvalue weighted by Crippen LogP contribution is 2.10. The van der Waals surface area contributed by atoms with Gasteiger partial charge in [0.25, 0.3) is 0 Å². The van der Waals surface area contributed by atoms with Gasteiger partial charge in [0.15, 0.2) is 0 Å². The van der Waals surface area contributed by atoms with Crippen molar-refractivity contribution in [2.45, 2.75) is 13.8 Å². The summed E-state index contributed by atoms with van der Waals surface area (Å²) in [7, 11) is 0. The molecular weight excluding hydrogens is 202 g/mol. The summed E-state index contributed by atoms with van der Waals surface area (Å²) in [6, 6.07) is 1.69. The van der Waals surface area contributed by atoms with E-state index in [1.54, 1.807) is 13.0 Å². The van der Waals surface area contributed by atoms with Crippen LogP contribution in [0.15, 0.2) is 6.07 Å². The van der Waals surface area contributed by atoms with Gasteiger partial charge in [-0.1, -0.05) is 11.6 Å². The highest BCUT2D eigenvalue weighted by Gasteiger charge is 1.98. The van der Waals surface area contributed by atoms with E-state index in [4.69, 9.17) is 16.3 Å². The second-order valence-electron chi connectivity index (χ2n) is 2.75. The fourth-order valence-electron chi connectivity index (χ4n) is 1.02. The van der Waals surface area contributed by atoms with Crippen molar-refractivity contribution >= 4 is 17.4 Å². The normalized spacial score (nSPS) is 10.2. The zero-order valence-electron chi connectivity index (χ0n) is 8.38. The van der Waals surface area contributed by atoms with Crippen LogP contribution < -0.4 is 5.32 Å². The number of ether oxygens (including phenoxy) is 1. The van der Waals surface area contributed by atoms with E-state index in [-0.39, 0.29) is 0 Å². The molecule has 0 fully saturated rings. The van der Waals surface area contributed by atoms with Crippen molar-refractivity contribution in [3.8, 4) is 0 Å².